The van der Waals surface area contributed by atoms with Gasteiger partial charge in [0.05, 0.1) is 0 Å². The van der Waals surface area contributed by atoms with Gasteiger partial charge in [-0.25, -0.2) is 8.42 Å². The van der Waals surface area contributed by atoms with Gasteiger partial charge in [-0.3, -0.25) is 4.98 Å². The number of sulfonamides is 1. The quantitative estimate of drug-likeness (QED) is 0.862. The van der Waals surface area contributed by atoms with Gasteiger partial charge >= 0.3 is 0 Å². The highest BCUT2D eigenvalue weighted by atomic mass is 32.2. The first kappa shape index (κ1) is 13.7. The Labute approximate surface area is 113 Å². The Hall–Kier alpha value is -1.72. The van der Waals surface area contributed by atoms with Crippen LogP contribution in [0.15, 0.2) is 59.8 Å². The average molecular weight is 276 g/mol. The molecule has 0 N–H and O–H groups in total. The van der Waals surface area contributed by atoms with Crippen LogP contribution in [0.5, 0.6) is 0 Å². The fourth-order valence-corrected chi connectivity index (χ4v) is 3.13. The zero-order valence-corrected chi connectivity index (χ0v) is 11.7. The van der Waals surface area contributed by atoms with E-state index in [4.69, 9.17) is 0 Å². The van der Waals surface area contributed by atoms with Crippen molar-refractivity contribution in [3.8, 4) is 0 Å². The lowest BCUT2D eigenvalue weighted by Gasteiger charge is -2.24. The van der Waals surface area contributed by atoms with Gasteiger partial charge in [-0.1, -0.05) is 30.3 Å². The molecule has 5 heteroatoms. The van der Waals surface area contributed by atoms with E-state index in [1.54, 1.807) is 25.4 Å². The lowest BCUT2D eigenvalue weighted by molar-refractivity contribution is 0.398. The predicted octanol–water partition coefficient (Wildman–Crippen LogP) is 2.46. The predicted molar refractivity (Wildman–Crippen MR) is 74.0 cm³/mol. The van der Waals surface area contributed by atoms with Crippen molar-refractivity contribution in [2.45, 2.75) is 17.9 Å². The SMILES string of the molecule is C[C@@H](c1ccccc1)N(C)S(=O)(=O)c1cccnc1. The van der Waals surface area contributed by atoms with Crippen LogP contribution in [0.4, 0.5) is 0 Å². The minimum absolute atomic E-state index is 0.209. The van der Waals surface area contributed by atoms with Crippen LogP contribution in [0, 0.1) is 0 Å². The molecule has 4 nitrogen and oxygen atoms in total. The summed E-state index contributed by atoms with van der Waals surface area (Å²) in [6.07, 6.45) is 2.92. The summed E-state index contributed by atoms with van der Waals surface area (Å²) in [5.74, 6) is 0. The molecule has 2 rings (SSSR count). The maximum atomic E-state index is 12.4. The van der Waals surface area contributed by atoms with E-state index in [9.17, 15) is 8.42 Å². The molecule has 0 aliphatic heterocycles. The lowest BCUT2D eigenvalue weighted by atomic mass is 10.1. The van der Waals surface area contributed by atoms with Crippen LogP contribution in [0.25, 0.3) is 0 Å². The van der Waals surface area contributed by atoms with Crippen molar-refractivity contribution in [3.63, 3.8) is 0 Å². The number of aromatic nitrogens is 1. The molecule has 0 spiro atoms. The smallest absolute Gasteiger partial charge is 0.244 e. The molecule has 19 heavy (non-hydrogen) atoms. The summed E-state index contributed by atoms with van der Waals surface area (Å²) < 4.78 is 26.2. The van der Waals surface area contributed by atoms with E-state index in [1.165, 1.54) is 10.5 Å². The van der Waals surface area contributed by atoms with Crippen molar-refractivity contribution >= 4 is 10.0 Å². The summed E-state index contributed by atoms with van der Waals surface area (Å²) in [5, 5.41) is 0. The number of rotatable bonds is 4. The van der Waals surface area contributed by atoms with Crippen LogP contribution >= 0.6 is 0 Å². The van der Waals surface area contributed by atoms with Gasteiger partial charge in [-0.15, -0.1) is 0 Å². The van der Waals surface area contributed by atoms with E-state index in [-0.39, 0.29) is 10.9 Å². The molecule has 0 saturated carbocycles. The monoisotopic (exact) mass is 276 g/mol. The van der Waals surface area contributed by atoms with Gasteiger partial charge in [0.1, 0.15) is 4.90 Å². The third-order valence-electron chi connectivity index (χ3n) is 3.14. The van der Waals surface area contributed by atoms with E-state index < -0.39 is 10.0 Å². The molecular weight excluding hydrogens is 260 g/mol. The first-order valence-corrected chi connectivity index (χ1v) is 7.40. The molecule has 0 aliphatic carbocycles. The normalized spacial score (nSPS) is 13.4. The van der Waals surface area contributed by atoms with Crippen LogP contribution in [-0.4, -0.2) is 24.8 Å². The third kappa shape index (κ3) is 2.83. The molecule has 100 valence electrons. The minimum Gasteiger partial charge on any atom is -0.263 e. The van der Waals surface area contributed by atoms with Crippen LogP contribution in [0.3, 0.4) is 0 Å². The summed E-state index contributed by atoms with van der Waals surface area (Å²) in [6, 6.07) is 12.5. The van der Waals surface area contributed by atoms with Crippen molar-refractivity contribution < 1.29 is 8.42 Å². The molecule has 1 atom stereocenters. The van der Waals surface area contributed by atoms with Gasteiger partial charge in [-0.2, -0.15) is 4.31 Å². The van der Waals surface area contributed by atoms with E-state index >= 15 is 0 Å². The molecule has 0 amide bonds. The molecule has 0 aliphatic rings. The second-order valence-corrected chi connectivity index (χ2v) is 6.29. The zero-order valence-electron chi connectivity index (χ0n) is 10.9. The Kier molecular flexibility index (Phi) is 3.97. The van der Waals surface area contributed by atoms with E-state index in [1.807, 2.05) is 37.3 Å². The Morgan fingerprint density at radius 1 is 1.11 bits per heavy atom. The summed E-state index contributed by atoms with van der Waals surface area (Å²) in [4.78, 5) is 4.07. The van der Waals surface area contributed by atoms with Crippen LogP contribution in [0.1, 0.15) is 18.5 Å². The van der Waals surface area contributed by atoms with Gasteiger partial charge < -0.3 is 0 Å². The maximum absolute atomic E-state index is 12.4. The molecule has 2 aromatic rings. The number of benzene rings is 1. The highest BCUT2D eigenvalue weighted by Gasteiger charge is 2.26. The molecule has 0 fully saturated rings. The second-order valence-electron chi connectivity index (χ2n) is 4.30. The van der Waals surface area contributed by atoms with Gasteiger partial charge in [0.15, 0.2) is 0 Å². The van der Waals surface area contributed by atoms with Gasteiger partial charge in [0.25, 0.3) is 0 Å². The lowest BCUT2D eigenvalue weighted by Crippen LogP contribution is -2.29. The average Bonchev–Trinajstić information content (AvgIpc) is 2.47. The van der Waals surface area contributed by atoms with E-state index in [0.717, 1.165) is 5.56 Å². The van der Waals surface area contributed by atoms with Crippen molar-refractivity contribution in [2.75, 3.05) is 7.05 Å². The summed E-state index contributed by atoms with van der Waals surface area (Å²) in [5.41, 5.74) is 0.956. The Balaban J connectivity index is 2.32. The fraction of sp³-hybridized carbons (Fsp3) is 0.214. The number of pyridine rings is 1. The Morgan fingerprint density at radius 2 is 1.79 bits per heavy atom. The molecule has 1 aromatic carbocycles. The Bertz CT molecular complexity index is 627. The number of hydrogen-bond donors (Lipinski definition) is 0. The second kappa shape index (κ2) is 5.50. The van der Waals surface area contributed by atoms with Crippen LogP contribution < -0.4 is 0 Å². The summed E-state index contributed by atoms with van der Waals surface area (Å²) in [6.45, 7) is 1.86. The molecule has 0 radical (unpaired) electrons. The number of hydrogen-bond acceptors (Lipinski definition) is 3. The molecule has 0 bridgehead atoms. The third-order valence-corrected chi connectivity index (χ3v) is 5.05. The minimum atomic E-state index is -3.52. The summed E-state index contributed by atoms with van der Waals surface area (Å²) in [7, 11) is -1.93. The summed E-state index contributed by atoms with van der Waals surface area (Å²) >= 11 is 0. The van der Waals surface area contributed by atoms with Crippen molar-refractivity contribution in [1.29, 1.82) is 0 Å². The van der Waals surface area contributed by atoms with Crippen LogP contribution in [0.2, 0.25) is 0 Å². The number of nitrogens with zero attached hydrogens (tertiary/aromatic N) is 2. The van der Waals surface area contributed by atoms with Gasteiger partial charge in [-0.05, 0) is 24.6 Å². The first-order valence-electron chi connectivity index (χ1n) is 5.96. The molecular formula is C14H16N2O2S. The highest BCUT2D eigenvalue weighted by Crippen LogP contribution is 2.24. The van der Waals surface area contributed by atoms with Gasteiger partial charge in [0.2, 0.25) is 10.0 Å². The van der Waals surface area contributed by atoms with E-state index in [0.29, 0.717) is 0 Å². The highest BCUT2D eigenvalue weighted by molar-refractivity contribution is 7.89. The maximum Gasteiger partial charge on any atom is 0.244 e. The molecule has 1 heterocycles. The van der Waals surface area contributed by atoms with Crippen molar-refractivity contribution in [3.05, 3.63) is 60.4 Å². The van der Waals surface area contributed by atoms with Crippen molar-refractivity contribution in [1.82, 2.24) is 9.29 Å². The first-order chi connectivity index (χ1) is 9.03. The standard InChI is InChI=1S/C14H16N2O2S/c1-12(13-7-4-3-5-8-13)16(2)19(17,18)14-9-6-10-15-11-14/h3-12H,1-2H3/t12-/m0/s1. The topological polar surface area (TPSA) is 50.3 Å². The zero-order chi connectivity index (χ0) is 13.9. The van der Waals surface area contributed by atoms with Crippen molar-refractivity contribution in [2.24, 2.45) is 0 Å². The van der Waals surface area contributed by atoms with Gasteiger partial charge in [0, 0.05) is 25.5 Å². The van der Waals surface area contributed by atoms with Crippen LogP contribution in [-0.2, 0) is 10.0 Å². The Morgan fingerprint density at radius 3 is 2.37 bits per heavy atom. The molecule has 0 saturated heterocycles. The fourth-order valence-electron chi connectivity index (χ4n) is 1.82. The molecule has 1 aromatic heterocycles. The molecule has 0 unspecified atom stereocenters. The van der Waals surface area contributed by atoms with E-state index in [2.05, 4.69) is 4.98 Å². The largest absolute Gasteiger partial charge is 0.263 e.